The molecular weight excluding hydrogens is 314 g/mol. The highest BCUT2D eigenvalue weighted by molar-refractivity contribution is 6.01. The van der Waals surface area contributed by atoms with Crippen molar-refractivity contribution < 1.29 is 14.3 Å². The molecule has 25 heavy (non-hydrogen) atoms. The Morgan fingerprint density at radius 3 is 2.80 bits per heavy atom. The normalized spacial score (nSPS) is 25.1. The van der Waals surface area contributed by atoms with Crippen LogP contribution in [0, 0.1) is 11.3 Å². The summed E-state index contributed by atoms with van der Waals surface area (Å²) in [6.45, 7) is 2.51. The lowest BCUT2D eigenvalue weighted by molar-refractivity contribution is -0.101. The van der Waals surface area contributed by atoms with E-state index in [-0.39, 0.29) is 11.9 Å². The summed E-state index contributed by atoms with van der Waals surface area (Å²) in [6.07, 6.45) is 2.32. The van der Waals surface area contributed by atoms with Gasteiger partial charge in [0.05, 0.1) is 36.3 Å². The van der Waals surface area contributed by atoms with Gasteiger partial charge in [-0.15, -0.1) is 0 Å². The van der Waals surface area contributed by atoms with Crippen molar-refractivity contribution >= 4 is 5.78 Å². The van der Waals surface area contributed by atoms with Gasteiger partial charge < -0.3 is 9.47 Å². The first-order valence-corrected chi connectivity index (χ1v) is 8.57. The Balaban J connectivity index is 1.67. The molecule has 2 heterocycles. The van der Waals surface area contributed by atoms with Crippen molar-refractivity contribution in [3.8, 4) is 22.9 Å². The van der Waals surface area contributed by atoms with Crippen molar-refractivity contribution in [1.82, 2.24) is 0 Å². The van der Waals surface area contributed by atoms with Gasteiger partial charge in [0.25, 0.3) is 0 Å². The van der Waals surface area contributed by atoms with Crippen LogP contribution in [0.4, 0.5) is 0 Å². The van der Waals surface area contributed by atoms with Gasteiger partial charge in [-0.2, -0.15) is 5.26 Å². The van der Waals surface area contributed by atoms with E-state index in [2.05, 4.69) is 6.07 Å². The molecule has 4 nitrogen and oxygen atoms in total. The number of fused-ring (bicyclic) bond motifs is 1. The Morgan fingerprint density at radius 1 is 1.20 bits per heavy atom. The van der Waals surface area contributed by atoms with E-state index in [0.717, 1.165) is 24.0 Å². The predicted molar refractivity (Wildman–Crippen MR) is 93.5 cm³/mol. The summed E-state index contributed by atoms with van der Waals surface area (Å²) in [7, 11) is 0. The van der Waals surface area contributed by atoms with Crippen LogP contribution in [0.2, 0.25) is 0 Å². The molecular formula is C21H19NO3. The van der Waals surface area contributed by atoms with E-state index in [9.17, 15) is 4.79 Å². The summed E-state index contributed by atoms with van der Waals surface area (Å²) in [5, 5.41) is 9.07. The Labute approximate surface area is 147 Å². The van der Waals surface area contributed by atoms with Crippen LogP contribution in [0.3, 0.4) is 0 Å². The van der Waals surface area contributed by atoms with E-state index in [4.69, 9.17) is 14.7 Å². The van der Waals surface area contributed by atoms with Gasteiger partial charge in [0.2, 0.25) is 0 Å². The Morgan fingerprint density at radius 2 is 2.04 bits per heavy atom. The van der Waals surface area contributed by atoms with E-state index in [1.54, 1.807) is 6.07 Å². The summed E-state index contributed by atoms with van der Waals surface area (Å²) in [6, 6.07) is 15.2. The van der Waals surface area contributed by atoms with Crippen molar-refractivity contribution in [3.05, 3.63) is 53.6 Å². The zero-order valence-corrected chi connectivity index (χ0v) is 14.1. The van der Waals surface area contributed by atoms with Crippen molar-refractivity contribution in [2.75, 3.05) is 6.61 Å². The Bertz CT molecular complexity index is 873. The van der Waals surface area contributed by atoms with Crippen LogP contribution in [0.15, 0.2) is 42.5 Å². The Hall–Kier alpha value is -2.64. The molecule has 0 radical (unpaired) electrons. The predicted octanol–water partition coefficient (Wildman–Crippen LogP) is 4.13. The summed E-state index contributed by atoms with van der Waals surface area (Å²) >= 11 is 0. The smallest absolute Gasteiger partial charge is 0.170 e. The lowest BCUT2D eigenvalue weighted by Gasteiger charge is -2.42. The molecule has 0 aliphatic carbocycles. The van der Waals surface area contributed by atoms with Crippen molar-refractivity contribution in [2.45, 2.75) is 37.9 Å². The topological polar surface area (TPSA) is 59.3 Å². The fraction of sp³-hybridized carbons (Fsp3) is 0.333. The highest BCUT2D eigenvalue weighted by atomic mass is 16.6. The summed E-state index contributed by atoms with van der Waals surface area (Å²) in [4.78, 5) is 12.8. The van der Waals surface area contributed by atoms with Gasteiger partial charge >= 0.3 is 0 Å². The molecule has 2 atom stereocenters. The Kier molecular flexibility index (Phi) is 3.82. The molecule has 2 aromatic carbocycles. The third-order valence-electron chi connectivity index (χ3n) is 5.05. The fourth-order valence-electron chi connectivity index (χ4n) is 3.58. The summed E-state index contributed by atoms with van der Waals surface area (Å²) in [5.74, 6) is 0.729. The molecule has 126 valence electrons. The number of carbonyl (C=O) groups is 1. The van der Waals surface area contributed by atoms with Crippen molar-refractivity contribution in [2.24, 2.45) is 0 Å². The maximum Gasteiger partial charge on any atom is 0.170 e. The molecule has 2 aliphatic rings. The molecule has 2 aromatic rings. The molecule has 0 aromatic heterocycles. The minimum atomic E-state index is -0.515. The van der Waals surface area contributed by atoms with E-state index >= 15 is 0 Å². The summed E-state index contributed by atoms with van der Waals surface area (Å²) in [5.41, 5.74) is 2.54. The standard InChI is InChI=1S/C21H19NO3/c1-14-7-8-21(13-24-14)11-19(23)18-10-17(5-6-20(18)25-21)16-4-2-3-15(9-16)12-22/h2-6,9-10,14H,7-8,11,13H2,1H3. The first-order chi connectivity index (χ1) is 12.1. The first-order valence-electron chi connectivity index (χ1n) is 8.57. The van der Waals surface area contributed by atoms with Gasteiger partial charge in [0.15, 0.2) is 5.78 Å². The van der Waals surface area contributed by atoms with E-state index in [0.29, 0.717) is 29.9 Å². The molecule has 0 N–H and O–H groups in total. The van der Waals surface area contributed by atoms with Crippen LogP contribution in [-0.4, -0.2) is 24.1 Å². The third-order valence-corrected chi connectivity index (χ3v) is 5.05. The number of ketones is 1. The van der Waals surface area contributed by atoms with E-state index in [1.165, 1.54) is 0 Å². The number of hydrogen-bond acceptors (Lipinski definition) is 4. The molecule has 1 spiro atoms. The van der Waals surface area contributed by atoms with Crippen LogP contribution in [-0.2, 0) is 4.74 Å². The van der Waals surface area contributed by atoms with Crippen LogP contribution < -0.4 is 4.74 Å². The second-order valence-electron chi connectivity index (χ2n) is 6.95. The van der Waals surface area contributed by atoms with Gasteiger partial charge in [-0.3, -0.25) is 4.79 Å². The van der Waals surface area contributed by atoms with E-state index < -0.39 is 5.60 Å². The second kappa shape index (κ2) is 6.02. The minimum absolute atomic E-state index is 0.0951. The number of rotatable bonds is 1. The van der Waals surface area contributed by atoms with Crippen LogP contribution in [0.5, 0.6) is 5.75 Å². The zero-order valence-electron chi connectivity index (χ0n) is 14.1. The van der Waals surface area contributed by atoms with Crippen molar-refractivity contribution in [3.63, 3.8) is 0 Å². The molecule has 2 aliphatic heterocycles. The SMILES string of the molecule is CC1CCC2(CO1)CC(=O)c1cc(-c3cccc(C#N)c3)ccc1O2. The molecule has 1 fully saturated rings. The van der Waals surface area contributed by atoms with Gasteiger partial charge in [-0.25, -0.2) is 0 Å². The summed E-state index contributed by atoms with van der Waals surface area (Å²) < 4.78 is 12.0. The molecule has 2 unspecified atom stereocenters. The average Bonchev–Trinajstić information content (AvgIpc) is 2.64. The molecule has 0 amide bonds. The lowest BCUT2D eigenvalue weighted by Crippen LogP contribution is -2.49. The largest absolute Gasteiger partial charge is 0.484 e. The van der Waals surface area contributed by atoms with Crippen LogP contribution >= 0.6 is 0 Å². The lowest BCUT2D eigenvalue weighted by atomic mass is 9.84. The zero-order chi connectivity index (χ0) is 17.4. The monoisotopic (exact) mass is 333 g/mol. The van der Waals surface area contributed by atoms with Crippen LogP contribution in [0.1, 0.15) is 42.1 Å². The maximum absolute atomic E-state index is 12.8. The quantitative estimate of drug-likeness (QED) is 0.787. The number of Topliss-reactive ketones (excluding diaryl/α,β-unsaturated/α-hetero) is 1. The van der Waals surface area contributed by atoms with Gasteiger partial charge in [-0.05, 0) is 55.2 Å². The molecule has 0 saturated carbocycles. The number of carbonyl (C=O) groups excluding carboxylic acids is 1. The molecule has 0 bridgehead atoms. The third kappa shape index (κ3) is 2.92. The number of ether oxygens (including phenoxy) is 2. The average molecular weight is 333 g/mol. The highest BCUT2D eigenvalue weighted by Gasteiger charge is 2.43. The number of benzene rings is 2. The molecule has 4 heteroatoms. The van der Waals surface area contributed by atoms with Gasteiger partial charge in [0, 0.05) is 0 Å². The minimum Gasteiger partial charge on any atom is -0.484 e. The molecule has 4 rings (SSSR count). The van der Waals surface area contributed by atoms with E-state index in [1.807, 2.05) is 43.3 Å². The van der Waals surface area contributed by atoms with Crippen molar-refractivity contribution in [1.29, 1.82) is 5.26 Å². The number of nitrogens with zero attached hydrogens (tertiary/aromatic N) is 1. The number of nitriles is 1. The second-order valence-corrected chi connectivity index (χ2v) is 6.95. The molecule has 1 saturated heterocycles. The van der Waals surface area contributed by atoms with Gasteiger partial charge in [-0.1, -0.05) is 18.2 Å². The fourth-order valence-corrected chi connectivity index (χ4v) is 3.58. The first kappa shape index (κ1) is 15.9. The maximum atomic E-state index is 12.8. The van der Waals surface area contributed by atoms with Crippen LogP contribution in [0.25, 0.3) is 11.1 Å². The number of hydrogen-bond donors (Lipinski definition) is 0. The highest BCUT2D eigenvalue weighted by Crippen LogP contribution is 2.40. The van der Waals surface area contributed by atoms with Gasteiger partial charge in [0.1, 0.15) is 11.4 Å².